The van der Waals surface area contributed by atoms with Crippen LogP contribution < -0.4 is 15.2 Å². The van der Waals surface area contributed by atoms with Gasteiger partial charge in [-0.05, 0) is 30.3 Å². The Kier molecular flexibility index (Phi) is 2.57. The van der Waals surface area contributed by atoms with Gasteiger partial charge in [-0.25, -0.2) is 8.42 Å². The minimum Gasteiger partial charge on any atom is -0.480 e. The van der Waals surface area contributed by atoms with Crippen LogP contribution in [-0.4, -0.2) is 25.7 Å². The minimum atomic E-state index is -3.84. The molecule has 0 bridgehead atoms. The normalized spacial score (nSPS) is 14.0. The SMILES string of the molecule is [2H]C([2H])([2H])Oc1ccc(NS(=O)(=O)c2ccc(N)cc2)nn1. The number of hydrogen-bond donors (Lipinski definition) is 2. The van der Waals surface area contributed by atoms with Gasteiger partial charge in [-0.1, -0.05) is 0 Å². The van der Waals surface area contributed by atoms with Crippen molar-refractivity contribution in [2.75, 3.05) is 17.5 Å². The third kappa shape index (κ3) is 3.10. The van der Waals surface area contributed by atoms with E-state index in [1.165, 1.54) is 36.4 Å². The van der Waals surface area contributed by atoms with Gasteiger partial charge >= 0.3 is 0 Å². The number of ether oxygens (including phenoxy) is 1. The molecule has 7 nitrogen and oxygen atoms in total. The van der Waals surface area contributed by atoms with E-state index in [0.29, 0.717) is 5.69 Å². The van der Waals surface area contributed by atoms with Gasteiger partial charge in [0.1, 0.15) is 0 Å². The quantitative estimate of drug-likeness (QED) is 0.806. The lowest BCUT2D eigenvalue weighted by molar-refractivity contribution is 0.392. The number of sulfonamides is 1. The molecule has 0 fully saturated rings. The molecular weight excluding hydrogens is 268 g/mol. The largest absolute Gasteiger partial charge is 0.480 e. The monoisotopic (exact) mass is 283 g/mol. The molecule has 2 rings (SSSR count). The number of nitrogens with one attached hydrogen (secondary N) is 1. The summed E-state index contributed by atoms with van der Waals surface area (Å²) in [6.45, 7) is 0. The lowest BCUT2D eigenvalue weighted by atomic mass is 10.3. The summed E-state index contributed by atoms with van der Waals surface area (Å²) in [7, 11) is -6.49. The molecule has 1 aromatic carbocycles. The maximum atomic E-state index is 12.1. The van der Waals surface area contributed by atoms with Gasteiger partial charge in [0.15, 0.2) is 5.82 Å². The van der Waals surface area contributed by atoms with Gasteiger partial charge in [0, 0.05) is 11.8 Å². The number of aromatic nitrogens is 2. The van der Waals surface area contributed by atoms with Crippen molar-refractivity contribution >= 4 is 21.5 Å². The van der Waals surface area contributed by atoms with E-state index in [1.807, 2.05) is 0 Å². The summed E-state index contributed by atoms with van der Waals surface area (Å²) in [6.07, 6.45) is 0. The van der Waals surface area contributed by atoms with E-state index in [2.05, 4.69) is 19.7 Å². The predicted molar refractivity (Wildman–Crippen MR) is 70.2 cm³/mol. The second-order valence-corrected chi connectivity index (χ2v) is 5.22. The van der Waals surface area contributed by atoms with Crippen molar-refractivity contribution in [3.63, 3.8) is 0 Å². The topological polar surface area (TPSA) is 107 Å². The van der Waals surface area contributed by atoms with E-state index in [4.69, 9.17) is 9.85 Å². The minimum absolute atomic E-state index is 0.00585. The first-order valence-electron chi connectivity index (χ1n) is 6.57. The number of nitrogens with two attached hydrogens (primary N) is 1. The van der Waals surface area contributed by atoms with E-state index >= 15 is 0 Å². The first-order chi connectivity index (χ1) is 10.2. The number of benzene rings is 1. The number of methoxy groups -OCH3 is 1. The van der Waals surface area contributed by atoms with Gasteiger partial charge in [0.05, 0.1) is 16.0 Å². The van der Waals surface area contributed by atoms with Gasteiger partial charge in [-0.3, -0.25) is 4.72 Å². The zero-order chi connectivity index (χ0) is 16.4. The molecule has 3 N–H and O–H groups in total. The molecule has 0 aliphatic carbocycles. The third-order valence-electron chi connectivity index (χ3n) is 2.17. The van der Waals surface area contributed by atoms with E-state index in [0.717, 1.165) is 0 Å². The fourth-order valence-corrected chi connectivity index (χ4v) is 2.27. The smallest absolute Gasteiger partial charge is 0.263 e. The molecule has 2 aromatic rings. The number of hydrogen-bond acceptors (Lipinski definition) is 6. The average molecular weight is 283 g/mol. The molecule has 19 heavy (non-hydrogen) atoms. The first-order valence-corrected chi connectivity index (χ1v) is 6.55. The second kappa shape index (κ2) is 5.11. The molecule has 1 heterocycles. The molecule has 100 valence electrons. The predicted octanol–water partition coefficient (Wildman–Crippen LogP) is 0.868. The number of nitrogens with zero attached hydrogens (tertiary/aromatic N) is 2. The van der Waals surface area contributed by atoms with Crippen molar-refractivity contribution in [2.45, 2.75) is 4.90 Å². The van der Waals surface area contributed by atoms with Crippen molar-refractivity contribution in [1.29, 1.82) is 0 Å². The van der Waals surface area contributed by atoms with Crippen molar-refractivity contribution in [2.24, 2.45) is 0 Å². The molecule has 0 unspecified atom stereocenters. The maximum absolute atomic E-state index is 12.1. The van der Waals surface area contributed by atoms with Crippen molar-refractivity contribution in [1.82, 2.24) is 10.2 Å². The Morgan fingerprint density at radius 2 is 1.95 bits per heavy atom. The van der Waals surface area contributed by atoms with Crippen molar-refractivity contribution in [3.8, 4) is 5.88 Å². The van der Waals surface area contributed by atoms with Gasteiger partial charge in [0.2, 0.25) is 5.88 Å². The Balaban J connectivity index is 2.14. The van der Waals surface area contributed by atoms with Gasteiger partial charge in [-0.2, -0.15) is 0 Å². The van der Waals surface area contributed by atoms with Gasteiger partial charge in [-0.15, -0.1) is 10.2 Å². The van der Waals surface area contributed by atoms with Crippen LogP contribution in [0.3, 0.4) is 0 Å². The highest BCUT2D eigenvalue weighted by Crippen LogP contribution is 2.16. The van der Waals surface area contributed by atoms with E-state index in [-0.39, 0.29) is 16.6 Å². The van der Waals surface area contributed by atoms with Crippen LogP contribution in [-0.2, 0) is 10.0 Å². The highest BCUT2D eigenvalue weighted by molar-refractivity contribution is 7.92. The molecule has 8 heteroatoms. The molecule has 1 aromatic heterocycles. The molecular formula is C11H12N4O3S. The first kappa shape index (κ1) is 9.56. The van der Waals surface area contributed by atoms with Crippen LogP contribution in [0.15, 0.2) is 41.3 Å². The Hall–Kier alpha value is -2.35. The van der Waals surface area contributed by atoms with E-state index < -0.39 is 17.1 Å². The maximum Gasteiger partial charge on any atom is 0.263 e. The Morgan fingerprint density at radius 1 is 1.21 bits per heavy atom. The summed E-state index contributed by atoms with van der Waals surface area (Å²) >= 11 is 0. The lowest BCUT2D eigenvalue weighted by Gasteiger charge is -2.07. The zero-order valence-corrected chi connectivity index (χ0v) is 10.4. The van der Waals surface area contributed by atoms with Gasteiger partial charge < -0.3 is 10.5 Å². The van der Waals surface area contributed by atoms with Crippen LogP contribution in [0, 0.1) is 0 Å². The Labute approximate surface area is 114 Å². The standard InChI is InChI=1S/C11H12N4O3S/c1-18-11-7-6-10(13-14-11)15-19(16,17)9-4-2-8(12)3-5-9/h2-7H,12H2,1H3,(H,13,15)/i1D3. The molecule has 0 atom stereocenters. The number of rotatable bonds is 4. The van der Waals surface area contributed by atoms with Gasteiger partial charge in [0.25, 0.3) is 10.0 Å². The van der Waals surface area contributed by atoms with Crippen LogP contribution in [0.4, 0.5) is 11.5 Å². The third-order valence-corrected chi connectivity index (χ3v) is 3.54. The van der Waals surface area contributed by atoms with Crippen LogP contribution >= 0.6 is 0 Å². The molecule has 0 spiro atoms. The van der Waals surface area contributed by atoms with Crippen LogP contribution in [0.5, 0.6) is 5.88 Å². The highest BCUT2D eigenvalue weighted by Gasteiger charge is 2.14. The summed E-state index contributed by atoms with van der Waals surface area (Å²) < 4.78 is 51.7. The van der Waals surface area contributed by atoms with Crippen LogP contribution in [0.1, 0.15) is 4.11 Å². The molecule has 0 saturated carbocycles. The molecule has 0 amide bonds. The fourth-order valence-electron chi connectivity index (χ4n) is 1.27. The van der Waals surface area contributed by atoms with Crippen molar-refractivity contribution in [3.05, 3.63) is 36.4 Å². The van der Waals surface area contributed by atoms with E-state index in [9.17, 15) is 8.42 Å². The summed E-state index contributed by atoms with van der Waals surface area (Å²) in [4.78, 5) is 0.00585. The zero-order valence-electron chi connectivity index (χ0n) is 12.6. The molecule has 0 aliphatic rings. The molecule has 0 aliphatic heterocycles. The fraction of sp³-hybridized carbons (Fsp3) is 0.0909. The second-order valence-electron chi connectivity index (χ2n) is 3.53. The number of nitrogen functional groups attached to an aromatic ring is 1. The summed E-state index contributed by atoms with van der Waals surface area (Å²) in [6, 6.07) is 8.03. The molecule has 0 radical (unpaired) electrons. The van der Waals surface area contributed by atoms with E-state index in [1.54, 1.807) is 0 Å². The Morgan fingerprint density at radius 3 is 2.53 bits per heavy atom. The average Bonchev–Trinajstić information content (AvgIpc) is 2.39. The Bertz CT molecular complexity index is 746. The van der Waals surface area contributed by atoms with Crippen LogP contribution in [0.25, 0.3) is 0 Å². The lowest BCUT2D eigenvalue weighted by Crippen LogP contribution is -2.14. The number of anilines is 2. The summed E-state index contributed by atoms with van der Waals surface area (Å²) in [5.74, 6) is -0.315. The van der Waals surface area contributed by atoms with Crippen molar-refractivity contribution < 1.29 is 17.3 Å². The summed E-state index contributed by atoms with van der Waals surface area (Å²) in [5.41, 5.74) is 5.93. The highest BCUT2D eigenvalue weighted by atomic mass is 32.2. The molecule has 0 saturated heterocycles. The summed E-state index contributed by atoms with van der Waals surface area (Å²) in [5, 5.41) is 7.03. The van der Waals surface area contributed by atoms with Crippen LogP contribution in [0.2, 0.25) is 0 Å².